The van der Waals surface area contributed by atoms with E-state index in [-0.39, 0.29) is 25.0 Å². The lowest BCUT2D eigenvalue weighted by atomic mass is 9.65. The monoisotopic (exact) mass is 308 g/mol. The lowest BCUT2D eigenvalue weighted by molar-refractivity contribution is -0.157. The Kier molecular flexibility index (Phi) is 4.59. The van der Waals surface area contributed by atoms with Crippen molar-refractivity contribution in [2.75, 3.05) is 14.2 Å². The molecule has 0 saturated heterocycles. The smallest absolute Gasteiger partial charge is 0.316 e. The topological polar surface area (TPSA) is 69.7 Å². The third-order valence-electron chi connectivity index (χ3n) is 4.18. The van der Waals surface area contributed by atoms with Crippen LogP contribution >= 0.6 is 0 Å². The summed E-state index contributed by atoms with van der Waals surface area (Å²) in [5.41, 5.74) is -0.815. The van der Waals surface area contributed by atoms with Gasteiger partial charge in [0.2, 0.25) is 0 Å². The molecule has 1 aliphatic rings. The van der Waals surface area contributed by atoms with Crippen molar-refractivity contribution >= 4 is 17.7 Å². The zero-order chi connectivity index (χ0) is 16.3. The summed E-state index contributed by atoms with van der Waals surface area (Å²) in [6, 6.07) is 5.59. The van der Waals surface area contributed by atoms with Crippen molar-refractivity contribution in [3.8, 4) is 0 Å². The lowest BCUT2D eigenvalue weighted by Crippen LogP contribution is -2.46. The highest BCUT2D eigenvalue weighted by Gasteiger charge is 2.50. The number of methoxy groups -OCH3 is 2. The molecule has 1 saturated carbocycles. The second kappa shape index (κ2) is 6.25. The molecule has 5 nitrogen and oxygen atoms in total. The fourth-order valence-electron chi connectivity index (χ4n) is 2.98. The van der Waals surface area contributed by atoms with E-state index in [9.17, 15) is 18.8 Å². The van der Waals surface area contributed by atoms with E-state index in [1.54, 1.807) is 6.07 Å². The summed E-state index contributed by atoms with van der Waals surface area (Å²) in [5, 5.41) is 0. The number of rotatable bonds is 3. The van der Waals surface area contributed by atoms with Crippen molar-refractivity contribution in [1.82, 2.24) is 0 Å². The maximum atomic E-state index is 13.5. The van der Waals surface area contributed by atoms with Gasteiger partial charge in [-0.05, 0) is 30.5 Å². The summed E-state index contributed by atoms with van der Waals surface area (Å²) < 4.78 is 23.0. The van der Waals surface area contributed by atoms with Crippen LogP contribution in [0.2, 0.25) is 0 Å². The fourth-order valence-corrected chi connectivity index (χ4v) is 2.98. The predicted octanol–water partition coefficient (Wildman–Crippen LogP) is 1.78. The molecule has 0 heterocycles. The van der Waals surface area contributed by atoms with Gasteiger partial charge in [-0.25, -0.2) is 4.39 Å². The van der Waals surface area contributed by atoms with Crippen molar-refractivity contribution in [2.45, 2.75) is 24.7 Å². The molecule has 1 aromatic rings. The first-order chi connectivity index (χ1) is 10.4. The van der Waals surface area contributed by atoms with Crippen LogP contribution in [0.5, 0.6) is 0 Å². The Bertz CT molecular complexity index is 604. The first-order valence-corrected chi connectivity index (χ1v) is 6.89. The summed E-state index contributed by atoms with van der Waals surface area (Å²) in [4.78, 5) is 36.1. The van der Waals surface area contributed by atoms with Crippen LogP contribution < -0.4 is 0 Å². The second-order valence-corrected chi connectivity index (χ2v) is 5.33. The Morgan fingerprint density at radius 3 is 2.59 bits per heavy atom. The minimum absolute atomic E-state index is 0.0331. The first-order valence-electron chi connectivity index (χ1n) is 6.89. The average molecular weight is 308 g/mol. The van der Waals surface area contributed by atoms with Gasteiger partial charge in [0.15, 0.2) is 0 Å². The van der Waals surface area contributed by atoms with Crippen LogP contribution in [0.15, 0.2) is 24.3 Å². The van der Waals surface area contributed by atoms with Gasteiger partial charge in [0.05, 0.1) is 19.6 Å². The Labute approximate surface area is 127 Å². The highest BCUT2D eigenvalue weighted by atomic mass is 19.1. The van der Waals surface area contributed by atoms with Gasteiger partial charge < -0.3 is 9.47 Å². The Morgan fingerprint density at radius 1 is 1.27 bits per heavy atom. The van der Waals surface area contributed by atoms with Crippen molar-refractivity contribution in [1.29, 1.82) is 0 Å². The molecule has 0 N–H and O–H groups in total. The number of esters is 2. The minimum atomic E-state index is -1.22. The number of ketones is 1. The van der Waals surface area contributed by atoms with Gasteiger partial charge in [-0.15, -0.1) is 0 Å². The van der Waals surface area contributed by atoms with Crippen LogP contribution in [-0.4, -0.2) is 31.9 Å². The maximum Gasteiger partial charge on any atom is 0.316 e. The fraction of sp³-hybridized carbons (Fsp3) is 0.438. The van der Waals surface area contributed by atoms with Crippen LogP contribution in [0.25, 0.3) is 0 Å². The van der Waals surface area contributed by atoms with E-state index < -0.39 is 29.1 Å². The van der Waals surface area contributed by atoms with Crippen LogP contribution in [-0.2, 0) is 29.3 Å². The Morgan fingerprint density at radius 2 is 2.00 bits per heavy atom. The maximum absolute atomic E-state index is 13.5. The minimum Gasteiger partial charge on any atom is -0.468 e. The summed E-state index contributed by atoms with van der Waals surface area (Å²) in [5.74, 6) is -3.08. The van der Waals surface area contributed by atoms with Gasteiger partial charge in [-0.3, -0.25) is 14.4 Å². The predicted molar refractivity (Wildman–Crippen MR) is 74.5 cm³/mol. The quantitative estimate of drug-likeness (QED) is 0.629. The number of Topliss-reactive ketones (excluding diaryl/α,β-unsaturated/α-hetero) is 1. The number of hydrogen-bond acceptors (Lipinski definition) is 5. The van der Waals surface area contributed by atoms with E-state index in [1.807, 2.05) is 0 Å². The highest BCUT2D eigenvalue weighted by Crippen LogP contribution is 2.42. The van der Waals surface area contributed by atoms with Crippen molar-refractivity contribution in [2.24, 2.45) is 5.92 Å². The number of carbonyl (C=O) groups is 3. The number of halogens is 1. The molecular formula is C16H17FO5. The van der Waals surface area contributed by atoms with Crippen LogP contribution in [0.1, 0.15) is 24.8 Å². The molecule has 0 aromatic heterocycles. The van der Waals surface area contributed by atoms with Crippen LogP contribution in [0, 0.1) is 11.7 Å². The molecule has 1 fully saturated rings. The van der Waals surface area contributed by atoms with E-state index in [2.05, 4.69) is 4.74 Å². The SMILES string of the molecule is COC(=O)C1CC(C(=O)OC)(c2cccc(F)c2)CCC1=O. The molecule has 2 atom stereocenters. The number of carbonyl (C=O) groups excluding carboxylic acids is 3. The number of hydrogen-bond donors (Lipinski definition) is 0. The molecule has 2 rings (SSSR count). The number of ether oxygens (including phenoxy) is 2. The Balaban J connectivity index is 2.49. The molecule has 1 aromatic carbocycles. The zero-order valence-electron chi connectivity index (χ0n) is 12.4. The molecule has 6 heteroatoms. The molecule has 0 spiro atoms. The third-order valence-corrected chi connectivity index (χ3v) is 4.18. The molecule has 0 bridgehead atoms. The van der Waals surface area contributed by atoms with E-state index >= 15 is 0 Å². The lowest BCUT2D eigenvalue weighted by Gasteiger charge is -2.37. The van der Waals surface area contributed by atoms with Gasteiger partial charge in [0.1, 0.15) is 17.5 Å². The van der Waals surface area contributed by atoms with Gasteiger partial charge in [0, 0.05) is 6.42 Å². The third kappa shape index (κ3) is 2.73. The molecule has 118 valence electrons. The van der Waals surface area contributed by atoms with Gasteiger partial charge in [0.25, 0.3) is 0 Å². The van der Waals surface area contributed by atoms with E-state index in [4.69, 9.17) is 4.74 Å². The largest absolute Gasteiger partial charge is 0.468 e. The molecule has 0 radical (unpaired) electrons. The van der Waals surface area contributed by atoms with Crippen LogP contribution in [0.4, 0.5) is 4.39 Å². The van der Waals surface area contributed by atoms with Crippen molar-refractivity contribution in [3.05, 3.63) is 35.6 Å². The number of benzene rings is 1. The normalized spacial score (nSPS) is 24.7. The zero-order valence-corrected chi connectivity index (χ0v) is 12.4. The van der Waals surface area contributed by atoms with Crippen molar-refractivity contribution in [3.63, 3.8) is 0 Å². The molecular weight excluding hydrogens is 291 g/mol. The van der Waals surface area contributed by atoms with E-state index in [1.165, 1.54) is 32.4 Å². The second-order valence-electron chi connectivity index (χ2n) is 5.33. The van der Waals surface area contributed by atoms with Gasteiger partial charge in [-0.2, -0.15) is 0 Å². The van der Waals surface area contributed by atoms with E-state index in [0.717, 1.165) is 0 Å². The molecule has 1 aliphatic carbocycles. The average Bonchev–Trinajstić information content (AvgIpc) is 2.54. The van der Waals surface area contributed by atoms with E-state index in [0.29, 0.717) is 5.56 Å². The highest BCUT2D eigenvalue weighted by molar-refractivity contribution is 6.01. The van der Waals surface area contributed by atoms with Gasteiger partial charge >= 0.3 is 11.9 Å². The summed E-state index contributed by atoms with van der Waals surface area (Å²) in [6.07, 6.45) is 0.134. The Hall–Kier alpha value is -2.24. The molecule has 22 heavy (non-hydrogen) atoms. The van der Waals surface area contributed by atoms with Gasteiger partial charge in [-0.1, -0.05) is 12.1 Å². The van der Waals surface area contributed by atoms with Crippen molar-refractivity contribution < 1.29 is 28.2 Å². The molecule has 0 amide bonds. The van der Waals surface area contributed by atoms with Crippen LogP contribution in [0.3, 0.4) is 0 Å². The summed E-state index contributed by atoms with van der Waals surface area (Å²) >= 11 is 0. The molecule has 0 aliphatic heterocycles. The molecule has 2 unspecified atom stereocenters. The summed E-state index contributed by atoms with van der Waals surface area (Å²) in [7, 11) is 2.42. The standard InChI is InChI=1S/C16H17FO5/c1-21-14(19)12-9-16(15(20)22-2,7-6-13(12)18)10-4-3-5-11(17)8-10/h3-5,8,12H,6-7,9H2,1-2H3. The first kappa shape index (κ1) is 16.1. The summed E-state index contributed by atoms with van der Waals surface area (Å²) in [6.45, 7) is 0.